The number of thiol groups is 1. The van der Waals surface area contributed by atoms with Gasteiger partial charge in [0, 0.05) is 4.20 Å². The van der Waals surface area contributed by atoms with Crippen molar-refractivity contribution in [3.05, 3.63) is 0 Å². The van der Waals surface area contributed by atoms with Gasteiger partial charge in [-0.25, -0.2) is 0 Å². The number of aliphatic carboxylic acids is 1. The summed E-state index contributed by atoms with van der Waals surface area (Å²) < 4.78 is 0.627. The molecule has 1 N–H and O–H groups in total. The minimum atomic E-state index is -0.723. The molecule has 0 amide bonds. The molecule has 0 rings (SSSR count). The lowest BCUT2D eigenvalue weighted by Crippen LogP contribution is -2.22. The first-order valence-electron chi connectivity index (χ1n) is 7.93. The van der Waals surface area contributed by atoms with Gasteiger partial charge in [-0.2, -0.15) is 0 Å². The smallest absolute Gasteiger partial charge is 0.306 e. The lowest BCUT2D eigenvalue weighted by atomic mass is 9.86. The fraction of sp³-hybridized carbons (Fsp3) is 0.875. The Morgan fingerprint density at radius 1 is 1.10 bits per heavy atom. The van der Waals surface area contributed by atoms with Gasteiger partial charge in [-0.3, -0.25) is 4.79 Å². The average Bonchev–Trinajstić information content (AvgIpc) is 2.39. The Hall–Kier alpha value is -0.0900. The lowest BCUT2D eigenvalue weighted by molar-refractivity contribution is -0.142. The molecule has 0 saturated heterocycles. The van der Waals surface area contributed by atoms with E-state index in [4.69, 9.17) is 17.3 Å². The normalized spacial score (nSPS) is 13.9. The molecule has 0 radical (unpaired) electrons. The number of carboxylic acid groups (broad SMARTS) is 1. The molecule has 0 aliphatic rings. The van der Waals surface area contributed by atoms with E-state index in [0.29, 0.717) is 10.6 Å². The molecule has 0 aromatic rings. The molecule has 2 atom stereocenters. The van der Waals surface area contributed by atoms with E-state index in [0.717, 1.165) is 12.8 Å². The van der Waals surface area contributed by atoms with Gasteiger partial charge < -0.3 is 5.11 Å². The Bertz CT molecular complexity index is 280. The third-order valence-corrected chi connectivity index (χ3v) is 4.31. The second kappa shape index (κ2) is 12.6. The van der Waals surface area contributed by atoms with E-state index in [-0.39, 0.29) is 11.8 Å². The summed E-state index contributed by atoms with van der Waals surface area (Å²) in [6.45, 7) is 4.01. The number of carboxylic acids is 1. The van der Waals surface area contributed by atoms with Gasteiger partial charge in [0.1, 0.15) is 0 Å². The van der Waals surface area contributed by atoms with Crippen LogP contribution in [0.5, 0.6) is 0 Å². The van der Waals surface area contributed by atoms with Gasteiger partial charge in [0.25, 0.3) is 0 Å². The molecule has 20 heavy (non-hydrogen) atoms. The van der Waals surface area contributed by atoms with Gasteiger partial charge in [-0.1, -0.05) is 77.4 Å². The Kier molecular flexibility index (Phi) is 12.6. The zero-order valence-corrected chi connectivity index (χ0v) is 14.6. The molecule has 0 aromatic carbocycles. The number of hydrogen-bond acceptors (Lipinski definition) is 2. The van der Waals surface area contributed by atoms with Crippen molar-refractivity contribution in [2.75, 3.05) is 0 Å². The van der Waals surface area contributed by atoms with Crippen LogP contribution in [0.15, 0.2) is 0 Å². The fourth-order valence-electron chi connectivity index (χ4n) is 2.50. The first-order valence-corrected chi connectivity index (χ1v) is 8.79. The quantitative estimate of drug-likeness (QED) is 0.267. The van der Waals surface area contributed by atoms with Crippen LogP contribution in [0, 0.1) is 11.8 Å². The second-order valence-electron chi connectivity index (χ2n) is 5.75. The molecule has 2 nitrogen and oxygen atoms in total. The van der Waals surface area contributed by atoms with E-state index in [2.05, 4.69) is 19.6 Å². The monoisotopic (exact) mass is 318 g/mol. The predicted molar refractivity (Wildman–Crippen MR) is 93.7 cm³/mol. The molecule has 0 saturated carbocycles. The minimum Gasteiger partial charge on any atom is -0.481 e. The van der Waals surface area contributed by atoms with E-state index < -0.39 is 5.97 Å². The average molecular weight is 319 g/mol. The van der Waals surface area contributed by atoms with Crippen LogP contribution in [0.1, 0.15) is 78.1 Å². The highest BCUT2D eigenvalue weighted by molar-refractivity contribution is 8.11. The molecule has 0 aliphatic heterocycles. The van der Waals surface area contributed by atoms with Crippen molar-refractivity contribution in [2.45, 2.75) is 78.1 Å². The first kappa shape index (κ1) is 19.9. The predicted octanol–water partition coefficient (Wildman–Crippen LogP) is 5.50. The molecule has 0 aromatic heterocycles. The number of unbranched alkanes of at least 4 members (excludes halogenated alkanes) is 7. The van der Waals surface area contributed by atoms with Crippen molar-refractivity contribution >= 4 is 35.0 Å². The van der Waals surface area contributed by atoms with Crippen LogP contribution in [-0.4, -0.2) is 15.3 Å². The van der Waals surface area contributed by atoms with Crippen LogP contribution in [-0.2, 0) is 4.79 Å². The lowest BCUT2D eigenvalue weighted by Gasteiger charge is -2.20. The largest absolute Gasteiger partial charge is 0.481 e. The summed E-state index contributed by atoms with van der Waals surface area (Å²) >= 11 is 9.16. The van der Waals surface area contributed by atoms with Crippen LogP contribution in [0.25, 0.3) is 0 Å². The van der Waals surface area contributed by atoms with Crippen molar-refractivity contribution in [1.82, 2.24) is 0 Å². The zero-order chi connectivity index (χ0) is 15.4. The molecule has 2 unspecified atom stereocenters. The SMILES string of the molecule is CCCCCCCCCCC(CC(=S)S)C(C)C(=O)O. The van der Waals surface area contributed by atoms with Gasteiger partial charge >= 0.3 is 5.97 Å². The Morgan fingerprint density at radius 3 is 2.05 bits per heavy atom. The van der Waals surface area contributed by atoms with Gasteiger partial charge in [-0.05, 0) is 18.8 Å². The fourth-order valence-corrected chi connectivity index (χ4v) is 2.94. The van der Waals surface area contributed by atoms with E-state index in [1.165, 1.54) is 44.9 Å². The summed E-state index contributed by atoms with van der Waals surface area (Å²) in [5, 5.41) is 9.12. The number of carbonyl (C=O) groups is 1. The molecular formula is C16H30O2S2. The highest BCUT2D eigenvalue weighted by Crippen LogP contribution is 2.25. The molecule has 0 aliphatic carbocycles. The number of rotatable bonds is 13. The molecule has 0 heterocycles. The highest BCUT2D eigenvalue weighted by Gasteiger charge is 2.23. The summed E-state index contributed by atoms with van der Waals surface area (Å²) in [5.41, 5.74) is 0. The summed E-state index contributed by atoms with van der Waals surface area (Å²) in [6.07, 6.45) is 11.8. The summed E-state index contributed by atoms with van der Waals surface area (Å²) in [6, 6.07) is 0. The summed E-state index contributed by atoms with van der Waals surface area (Å²) in [7, 11) is 0. The van der Waals surface area contributed by atoms with Crippen molar-refractivity contribution in [3.63, 3.8) is 0 Å². The van der Waals surface area contributed by atoms with Crippen molar-refractivity contribution < 1.29 is 9.90 Å². The van der Waals surface area contributed by atoms with Gasteiger partial charge in [-0.15, -0.1) is 12.6 Å². The first-order chi connectivity index (χ1) is 9.49. The second-order valence-corrected chi connectivity index (χ2v) is 7.08. The minimum absolute atomic E-state index is 0.137. The van der Waals surface area contributed by atoms with Crippen LogP contribution in [0.3, 0.4) is 0 Å². The maximum Gasteiger partial charge on any atom is 0.306 e. The maximum atomic E-state index is 11.1. The third-order valence-electron chi connectivity index (χ3n) is 3.96. The van der Waals surface area contributed by atoms with Gasteiger partial charge in [0.15, 0.2) is 0 Å². The standard InChI is InChI=1S/C16H30O2S2/c1-3-4-5-6-7-8-9-10-11-14(12-15(19)20)13(2)16(17)18/h13-14H,3-12H2,1-2H3,(H,17,18)(H,19,20). The molecule has 118 valence electrons. The molecule has 0 fully saturated rings. The molecule has 0 spiro atoms. The summed E-state index contributed by atoms with van der Waals surface area (Å²) in [5.74, 6) is -0.915. The topological polar surface area (TPSA) is 37.3 Å². The van der Waals surface area contributed by atoms with Crippen LogP contribution in [0.2, 0.25) is 0 Å². The van der Waals surface area contributed by atoms with E-state index >= 15 is 0 Å². The van der Waals surface area contributed by atoms with Crippen LogP contribution in [0.4, 0.5) is 0 Å². The van der Waals surface area contributed by atoms with E-state index in [1.54, 1.807) is 6.92 Å². The van der Waals surface area contributed by atoms with Crippen molar-refractivity contribution in [3.8, 4) is 0 Å². The Morgan fingerprint density at radius 2 is 1.60 bits per heavy atom. The maximum absolute atomic E-state index is 11.1. The summed E-state index contributed by atoms with van der Waals surface area (Å²) in [4.78, 5) is 11.1. The number of thiocarbonyl (C=S) groups is 1. The molecule has 4 heteroatoms. The zero-order valence-electron chi connectivity index (χ0n) is 12.9. The highest BCUT2D eigenvalue weighted by atomic mass is 32.1. The van der Waals surface area contributed by atoms with Gasteiger partial charge in [0.05, 0.1) is 5.92 Å². The third kappa shape index (κ3) is 10.7. The van der Waals surface area contributed by atoms with Crippen molar-refractivity contribution in [2.24, 2.45) is 11.8 Å². The molecule has 0 bridgehead atoms. The van der Waals surface area contributed by atoms with Crippen molar-refractivity contribution in [1.29, 1.82) is 0 Å². The Labute approximate surface area is 135 Å². The molecular weight excluding hydrogens is 288 g/mol. The van der Waals surface area contributed by atoms with E-state index in [9.17, 15) is 4.79 Å². The number of hydrogen-bond donors (Lipinski definition) is 2. The van der Waals surface area contributed by atoms with Crippen LogP contribution < -0.4 is 0 Å². The van der Waals surface area contributed by atoms with E-state index in [1.807, 2.05) is 0 Å². The Balaban J connectivity index is 3.79. The van der Waals surface area contributed by atoms with Crippen LogP contribution >= 0.6 is 24.8 Å². The van der Waals surface area contributed by atoms with Gasteiger partial charge in [0.2, 0.25) is 0 Å².